The van der Waals surface area contributed by atoms with Crippen molar-refractivity contribution in [2.45, 2.75) is 25.9 Å². The molecule has 1 atom stereocenters. The van der Waals surface area contributed by atoms with Crippen LogP contribution in [0.4, 0.5) is 0 Å². The number of methoxy groups -OCH3 is 1. The molecule has 1 unspecified atom stereocenters. The lowest BCUT2D eigenvalue weighted by atomic mass is 9.97. The minimum atomic E-state index is -0.663. The zero-order valence-electron chi connectivity index (χ0n) is 14.4. The first kappa shape index (κ1) is 22.5. The molecule has 1 aliphatic rings. The third-order valence-corrected chi connectivity index (χ3v) is 5.33. The minimum absolute atomic E-state index is 0. The molecule has 0 radical (unpaired) electrons. The highest BCUT2D eigenvalue weighted by molar-refractivity contribution is 14.0. The number of aliphatic imine (C=N–C) groups is 1. The van der Waals surface area contributed by atoms with Gasteiger partial charge in [0.05, 0.1) is 23.9 Å². The molecule has 0 aromatic carbocycles. The molecule has 2 N–H and O–H groups in total. The first-order valence-electron chi connectivity index (χ1n) is 8.09. The van der Waals surface area contributed by atoms with E-state index in [-0.39, 0.29) is 42.4 Å². The first-order chi connectivity index (χ1) is 11.5. The number of guanidine groups is 1. The fourth-order valence-electron chi connectivity index (χ4n) is 2.69. The average Bonchev–Trinajstić information content (AvgIpc) is 3.04. The SMILES string of the molecule is CCNC(=NCC(O)c1ccc(Cl)s1)N1CCC(C(=O)OC)CC1.I. The van der Waals surface area contributed by atoms with Gasteiger partial charge in [-0.15, -0.1) is 35.3 Å². The molecule has 142 valence electrons. The number of rotatable bonds is 5. The Labute approximate surface area is 174 Å². The first-order valence-corrected chi connectivity index (χ1v) is 9.29. The van der Waals surface area contributed by atoms with E-state index in [1.165, 1.54) is 18.4 Å². The molecule has 0 amide bonds. The second-order valence-corrected chi connectivity index (χ2v) is 7.38. The summed E-state index contributed by atoms with van der Waals surface area (Å²) >= 11 is 7.27. The molecule has 6 nitrogen and oxygen atoms in total. The van der Waals surface area contributed by atoms with Crippen LogP contribution in [0.25, 0.3) is 0 Å². The number of halogens is 2. The summed E-state index contributed by atoms with van der Waals surface area (Å²) in [6, 6.07) is 3.60. The number of esters is 1. The summed E-state index contributed by atoms with van der Waals surface area (Å²) in [5.74, 6) is 0.595. The maximum absolute atomic E-state index is 11.6. The summed E-state index contributed by atoms with van der Waals surface area (Å²) in [5, 5.41) is 13.5. The van der Waals surface area contributed by atoms with Crippen LogP contribution in [0.15, 0.2) is 17.1 Å². The molecular weight excluding hydrogens is 477 g/mol. The number of piperidine rings is 1. The second-order valence-electron chi connectivity index (χ2n) is 5.64. The fraction of sp³-hybridized carbons (Fsp3) is 0.625. The lowest BCUT2D eigenvalue weighted by Crippen LogP contribution is -2.46. The van der Waals surface area contributed by atoms with E-state index >= 15 is 0 Å². The maximum atomic E-state index is 11.6. The third kappa shape index (κ3) is 6.58. The largest absolute Gasteiger partial charge is 0.469 e. The van der Waals surface area contributed by atoms with Crippen molar-refractivity contribution in [1.82, 2.24) is 10.2 Å². The number of aliphatic hydroxyl groups is 1. The van der Waals surface area contributed by atoms with Gasteiger partial charge in [-0.05, 0) is 31.9 Å². The van der Waals surface area contributed by atoms with Gasteiger partial charge in [-0.3, -0.25) is 9.79 Å². The van der Waals surface area contributed by atoms with Gasteiger partial charge in [0.2, 0.25) is 0 Å². The molecule has 0 bridgehead atoms. The molecule has 1 fully saturated rings. The molecule has 1 aromatic heterocycles. The molecule has 9 heteroatoms. The van der Waals surface area contributed by atoms with Crippen LogP contribution in [0.1, 0.15) is 30.7 Å². The van der Waals surface area contributed by atoms with E-state index in [0.717, 1.165) is 43.3 Å². The van der Waals surface area contributed by atoms with Gasteiger partial charge in [-0.1, -0.05) is 11.6 Å². The van der Waals surface area contributed by atoms with E-state index < -0.39 is 6.10 Å². The summed E-state index contributed by atoms with van der Waals surface area (Å²) in [6.45, 7) is 4.51. The number of ether oxygens (including phenoxy) is 1. The predicted molar refractivity (Wildman–Crippen MR) is 112 cm³/mol. The molecule has 1 aromatic rings. The number of aliphatic hydroxyl groups excluding tert-OH is 1. The third-order valence-electron chi connectivity index (χ3n) is 4.00. The zero-order chi connectivity index (χ0) is 17.5. The van der Waals surface area contributed by atoms with E-state index in [1.54, 1.807) is 6.07 Å². The highest BCUT2D eigenvalue weighted by Crippen LogP contribution is 2.27. The zero-order valence-corrected chi connectivity index (χ0v) is 18.3. The summed E-state index contributed by atoms with van der Waals surface area (Å²) in [6.07, 6.45) is 0.837. The molecular formula is C16H25ClIN3O3S. The summed E-state index contributed by atoms with van der Waals surface area (Å²) < 4.78 is 5.47. The monoisotopic (exact) mass is 501 g/mol. The van der Waals surface area contributed by atoms with Crippen LogP contribution in [-0.4, -0.2) is 55.2 Å². The van der Waals surface area contributed by atoms with Gasteiger partial charge in [-0.25, -0.2) is 0 Å². The Morgan fingerprint density at radius 3 is 2.72 bits per heavy atom. The van der Waals surface area contributed by atoms with Crippen LogP contribution in [-0.2, 0) is 9.53 Å². The lowest BCUT2D eigenvalue weighted by molar-refractivity contribution is -0.146. The Kier molecular flexibility index (Phi) is 10.1. The standard InChI is InChI=1S/C16H24ClN3O3S.HI/c1-3-18-16(19-10-12(21)13-4-5-14(17)24-13)20-8-6-11(7-9-20)15(22)23-2;/h4-5,11-12,21H,3,6-10H2,1-2H3,(H,18,19);1H. The van der Waals surface area contributed by atoms with Gasteiger partial charge < -0.3 is 20.1 Å². The van der Waals surface area contributed by atoms with Gasteiger partial charge in [0.15, 0.2) is 5.96 Å². The number of likely N-dealkylation sites (tertiary alicyclic amines) is 1. The Hall–Kier alpha value is -0.580. The molecule has 0 aliphatic carbocycles. The molecule has 0 spiro atoms. The van der Waals surface area contributed by atoms with Crippen LogP contribution >= 0.6 is 46.9 Å². The molecule has 0 saturated carbocycles. The quantitative estimate of drug-likeness (QED) is 0.281. The van der Waals surface area contributed by atoms with E-state index in [1.807, 2.05) is 13.0 Å². The van der Waals surface area contributed by atoms with Crippen molar-refractivity contribution in [3.05, 3.63) is 21.3 Å². The second kappa shape index (κ2) is 11.2. The fourth-order valence-corrected chi connectivity index (χ4v) is 3.73. The Bertz CT molecular complexity index is 577. The average molecular weight is 502 g/mol. The van der Waals surface area contributed by atoms with E-state index in [2.05, 4.69) is 15.2 Å². The number of carbonyl (C=O) groups is 1. The van der Waals surface area contributed by atoms with Crippen molar-refractivity contribution in [2.24, 2.45) is 10.9 Å². The Morgan fingerprint density at radius 1 is 1.52 bits per heavy atom. The number of carbonyl (C=O) groups excluding carboxylic acids is 1. The number of thiophene rings is 1. The number of nitrogens with zero attached hydrogens (tertiary/aromatic N) is 2. The van der Waals surface area contributed by atoms with Crippen LogP contribution in [0.3, 0.4) is 0 Å². The Morgan fingerprint density at radius 2 is 2.20 bits per heavy atom. The van der Waals surface area contributed by atoms with Crippen molar-refractivity contribution < 1.29 is 14.6 Å². The van der Waals surface area contributed by atoms with Crippen molar-refractivity contribution >= 4 is 58.8 Å². The van der Waals surface area contributed by atoms with Crippen LogP contribution < -0.4 is 5.32 Å². The van der Waals surface area contributed by atoms with Crippen molar-refractivity contribution in [3.63, 3.8) is 0 Å². The van der Waals surface area contributed by atoms with Gasteiger partial charge >= 0.3 is 5.97 Å². The highest BCUT2D eigenvalue weighted by Gasteiger charge is 2.27. The number of hydrogen-bond donors (Lipinski definition) is 2. The molecule has 1 aliphatic heterocycles. The highest BCUT2D eigenvalue weighted by atomic mass is 127. The van der Waals surface area contributed by atoms with Gasteiger partial charge in [0, 0.05) is 24.5 Å². The Balaban J connectivity index is 0.00000312. The van der Waals surface area contributed by atoms with Gasteiger partial charge in [-0.2, -0.15) is 0 Å². The van der Waals surface area contributed by atoms with E-state index in [4.69, 9.17) is 16.3 Å². The normalized spacial score (nSPS) is 17.0. The molecule has 25 heavy (non-hydrogen) atoms. The molecule has 2 heterocycles. The van der Waals surface area contributed by atoms with Crippen LogP contribution in [0.2, 0.25) is 4.34 Å². The summed E-state index contributed by atoms with van der Waals surface area (Å²) in [4.78, 5) is 19.1. The maximum Gasteiger partial charge on any atom is 0.308 e. The smallest absolute Gasteiger partial charge is 0.308 e. The summed E-state index contributed by atoms with van der Waals surface area (Å²) in [5.41, 5.74) is 0. The molecule has 2 rings (SSSR count). The topological polar surface area (TPSA) is 74.2 Å². The minimum Gasteiger partial charge on any atom is -0.469 e. The van der Waals surface area contributed by atoms with Crippen LogP contribution in [0, 0.1) is 5.92 Å². The van der Waals surface area contributed by atoms with Gasteiger partial charge in [0.1, 0.15) is 6.10 Å². The number of nitrogens with one attached hydrogen (secondary N) is 1. The molecule has 1 saturated heterocycles. The number of hydrogen-bond acceptors (Lipinski definition) is 5. The van der Waals surface area contributed by atoms with E-state index in [9.17, 15) is 9.90 Å². The van der Waals surface area contributed by atoms with Crippen molar-refractivity contribution in [2.75, 3.05) is 33.3 Å². The van der Waals surface area contributed by atoms with Crippen molar-refractivity contribution in [3.8, 4) is 0 Å². The predicted octanol–water partition coefficient (Wildman–Crippen LogP) is 2.90. The van der Waals surface area contributed by atoms with Crippen LogP contribution in [0.5, 0.6) is 0 Å². The van der Waals surface area contributed by atoms with Gasteiger partial charge in [0.25, 0.3) is 0 Å². The van der Waals surface area contributed by atoms with E-state index in [0.29, 0.717) is 4.34 Å². The van der Waals surface area contributed by atoms with Crippen molar-refractivity contribution in [1.29, 1.82) is 0 Å². The lowest BCUT2D eigenvalue weighted by Gasteiger charge is -2.33. The summed E-state index contributed by atoms with van der Waals surface area (Å²) in [7, 11) is 1.43.